The summed E-state index contributed by atoms with van der Waals surface area (Å²) in [5, 5.41) is 3.72. The molecule has 100 valence electrons. The lowest BCUT2D eigenvalue weighted by molar-refractivity contribution is 0.338. The summed E-state index contributed by atoms with van der Waals surface area (Å²) in [7, 11) is 0. The minimum atomic E-state index is 0.781. The highest BCUT2D eigenvalue weighted by atomic mass is 32.2. The van der Waals surface area contributed by atoms with Gasteiger partial charge in [0.1, 0.15) is 0 Å². The molecule has 0 radical (unpaired) electrons. The number of rotatable bonds is 7. The summed E-state index contributed by atoms with van der Waals surface area (Å²) in [6.07, 6.45) is 9.05. The fourth-order valence-corrected chi connectivity index (χ4v) is 3.30. The van der Waals surface area contributed by atoms with Crippen LogP contribution in [0.15, 0.2) is 12.7 Å². The van der Waals surface area contributed by atoms with Gasteiger partial charge in [-0.05, 0) is 31.1 Å². The van der Waals surface area contributed by atoms with Crippen molar-refractivity contribution in [3.63, 3.8) is 0 Å². The van der Waals surface area contributed by atoms with Gasteiger partial charge in [0.2, 0.25) is 0 Å². The predicted molar refractivity (Wildman–Crippen MR) is 80.7 cm³/mol. The quantitative estimate of drug-likeness (QED) is 0.417. The van der Waals surface area contributed by atoms with Gasteiger partial charge in [0.05, 0.1) is 0 Å². The first kappa shape index (κ1) is 15.1. The molecule has 2 unspecified atom stereocenters. The highest BCUT2D eigenvalue weighted by molar-refractivity contribution is 7.99. The molecule has 0 spiro atoms. The maximum Gasteiger partial charge on any atom is 0.0111 e. The molecular formula is C15H29NS. The molecule has 0 amide bonds. The SMILES string of the molecule is C=CCSCCNC1CCCC(C(C)C)CC1. The standard InChI is InChI=1S/C15H29NS/c1-4-11-17-12-10-16-15-7-5-6-14(8-9-15)13(2)3/h4,13-16H,1,5-12H2,2-3H3. The number of hydrogen-bond donors (Lipinski definition) is 1. The minimum Gasteiger partial charge on any atom is -0.313 e. The Morgan fingerprint density at radius 3 is 2.82 bits per heavy atom. The third-order valence-electron chi connectivity index (χ3n) is 3.87. The Morgan fingerprint density at radius 2 is 2.12 bits per heavy atom. The van der Waals surface area contributed by atoms with Crippen molar-refractivity contribution >= 4 is 11.8 Å². The summed E-state index contributed by atoms with van der Waals surface area (Å²) in [5.74, 6) is 4.14. The molecule has 1 saturated carbocycles. The molecule has 0 aromatic rings. The predicted octanol–water partition coefficient (Wildman–Crippen LogP) is 4.10. The Balaban J connectivity index is 2.11. The molecule has 1 nitrogen and oxygen atoms in total. The van der Waals surface area contributed by atoms with Crippen molar-refractivity contribution in [1.29, 1.82) is 0 Å². The van der Waals surface area contributed by atoms with Crippen LogP contribution in [0.4, 0.5) is 0 Å². The first-order valence-corrected chi connectivity index (χ1v) is 8.31. The first-order chi connectivity index (χ1) is 8.24. The molecule has 0 aromatic carbocycles. The minimum absolute atomic E-state index is 0.781. The Morgan fingerprint density at radius 1 is 1.29 bits per heavy atom. The lowest BCUT2D eigenvalue weighted by atomic mass is 9.89. The van der Waals surface area contributed by atoms with E-state index in [0.717, 1.165) is 30.2 Å². The lowest BCUT2D eigenvalue weighted by Crippen LogP contribution is -2.30. The average molecular weight is 255 g/mol. The second-order valence-electron chi connectivity index (χ2n) is 5.53. The maximum atomic E-state index is 3.74. The van der Waals surface area contributed by atoms with Crippen molar-refractivity contribution in [2.45, 2.75) is 52.0 Å². The summed E-state index contributed by atoms with van der Waals surface area (Å²) in [6.45, 7) is 9.66. The zero-order valence-electron chi connectivity index (χ0n) is 11.6. The first-order valence-electron chi connectivity index (χ1n) is 7.16. The molecule has 0 heterocycles. The molecule has 1 rings (SSSR count). The van der Waals surface area contributed by atoms with Gasteiger partial charge < -0.3 is 5.32 Å². The van der Waals surface area contributed by atoms with Crippen molar-refractivity contribution in [3.8, 4) is 0 Å². The van der Waals surface area contributed by atoms with Crippen LogP contribution in [0, 0.1) is 11.8 Å². The van der Waals surface area contributed by atoms with Gasteiger partial charge in [-0.25, -0.2) is 0 Å². The van der Waals surface area contributed by atoms with E-state index in [1.165, 1.54) is 37.9 Å². The number of nitrogens with one attached hydrogen (secondary N) is 1. The van der Waals surface area contributed by atoms with Gasteiger partial charge in [-0.1, -0.05) is 32.8 Å². The zero-order valence-corrected chi connectivity index (χ0v) is 12.4. The van der Waals surface area contributed by atoms with E-state index >= 15 is 0 Å². The second-order valence-corrected chi connectivity index (χ2v) is 6.68. The van der Waals surface area contributed by atoms with Gasteiger partial charge in [0, 0.05) is 24.1 Å². The van der Waals surface area contributed by atoms with Crippen LogP contribution in [-0.4, -0.2) is 24.1 Å². The summed E-state index contributed by atoms with van der Waals surface area (Å²) in [5.41, 5.74) is 0. The van der Waals surface area contributed by atoms with E-state index in [9.17, 15) is 0 Å². The topological polar surface area (TPSA) is 12.0 Å². The van der Waals surface area contributed by atoms with Crippen LogP contribution in [0.2, 0.25) is 0 Å². The monoisotopic (exact) mass is 255 g/mol. The van der Waals surface area contributed by atoms with Crippen LogP contribution in [0.3, 0.4) is 0 Å². The number of thioether (sulfide) groups is 1. The molecule has 17 heavy (non-hydrogen) atoms. The van der Waals surface area contributed by atoms with Crippen molar-refractivity contribution in [2.24, 2.45) is 11.8 Å². The highest BCUT2D eigenvalue weighted by Gasteiger charge is 2.20. The Hall–Kier alpha value is 0.0500. The van der Waals surface area contributed by atoms with Crippen LogP contribution in [0.25, 0.3) is 0 Å². The van der Waals surface area contributed by atoms with Gasteiger partial charge in [0.15, 0.2) is 0 Å². The molecule has 1 aliphatic carbocycles. The normalized spacial score (nSPS) is 25.8. The van der Waals surface area contributed by atoms with E-state index < -0.39 is 0 Å². The summed E-state index contributed by atoms with van der Waals surface area (Å²) in [4.78, 5) is 0. The third kappa shape index (κ3) is 6.52. The van der Waals surface area contributed by atoms with E-state index in [0.29, 0.717) is 0 Å². The van der Waals surface area contributed by atoms with Gasteiger partial charge in [-0.15, -0.1) is 6.58 Å². The molecule has 2 atom stereocenters. The molecular weight excluding hydrogens is 226 g/mol. The molecule has 0 aliphatic heterocycles. The summed E-state index contributed by atoms with van der Waals surface area (Å²) in [6, 6.07) is 0.781. The molecule has 1 aliphatic rings. The Bertz CT molecular complexity index is 203. The summed E-state index contributed by atoms with van der Waals surface area (Å²) < 4.78 is 0. The van der Waals surface area contributed by atoms with E-state index in [2.05, 4.69) is 25.7 Å². The Kier molecular flexibility index (Phi) is 8.04. The van der Waals surface area contributed by atoms with Gasteiger partial charge in [-0.3, -0.25) is 0 Å². The van der Waals surface area contributed by atoms with E-state index in [1.54, 1.807) is 0 Å². The Labute approximate surface area is 112 Å². The van der Waals surface area contributed by atoms with Crippen molar-refractivity contribution in [1.82, 2.24) is 5.32 Å². The fourth-order valence-electron chi connectivity index (χ4n) is 2.70. The fraction of sp³-hybridized carbons (Fsp3) is 0.867. The maximum absolute atomic E-state index is 3.74. The van der Waals surface area contributed by atoms with Crippen LogP contribution in [0.5, 0.6) is 0 Å². The number of hydrogen-bond acceptors (Lipinski definition) is 2. The van der Waals surface area contributed by atoms with Crippen molar-refractivity contribution in [3.05, 3.63) is 12.7 Å². The van der Waals surface area contributed by atoms with Crippen LogP contribution in [-0.2, 0) is 0 Å². The molecule has 1 N–H and O–H groups in total. The average Bonchev–Trinajstić information content (AvgIpc) is 2.54. The van der Waals surface area contributed by atoms with Gasteiger partial charge in [-0.2, -0.15) is 11.8 Å². The van der Waals surface area contributed by atoms with E-state index in [-0.39, 0.29) is 0 Å². The molecule has 0 bridgehead atoms. The lowest BCUT2D eigenvalue weighted by Gasteiger charge is -2.19. The van der Waals surface area contributed by atoms with E-state index in [4.69, 9.17) is 0 Å². The highest BCUT2D eigenvalue weighted by Crippen LogP contribution is 2.28. The smallest absolute Gasteiger partial charge is 0.0111 e. The zero-order chi connectivity index (χ0) is 12.5. The van der Waals surface area contributed by atoms with E-state index in [1.807, 2.05) is 17.8 Å². The van der Waals surface area contributed by atoms with Crippen LogP contribution >= 0.6 is 11.8 Å². The van der Waals surface area contributed by atoms with Crippen molar-refractivity contribution in [2.75, 3.05) is 18.1 Å². The third-order valence-corrected chi connectivity index (χ3v) is 4.84. The van der Waals surface area contributed by atoms with Crippen LogP contribution < -0.4 is 5.32 Å². The van der Waals surface area contributed by atoms with Crippen molar-refractivity contribution < 1.29 is 0 Å². The van der Waals surface area contributed by atoms with Crippen LogP contribution in [0.1, 0.15) is 46.0 Å². The summed E-state index contributed by atoms with van der Waals surface area (Å²) >= 11 is 1.97. The molecule has 1 fully saturated rings. The largest absolute Gasteiger partial charge is 0.313 e. The van der Waals surface area contributed by atoms with Gasteiger partial charge in [0.25, 0.3) is 0 Å². The molecule has 0 saturated heterocycles. The van der Waals surface area contributed by atoms with Gasteiger partial charge >= 0.3 is 0 Å². The second kappa shape index (κ2) is 9.04. The molecule has 2 heteroatoms. The molecule has 0 aromatic heterocycles.